The average Bonchev–Trinajstić information content (AvgIpc) is 3.16. The summed E-state index contributed by atoms with van der Waals surface area (Å²) < 4.78 is 1.97. The lowest BCUT2D eigenvalue weighted by Crippen LogP contribution is -2.09. The second-order valence-corrected chi connectivity index (χ2v) is 5.77. The van der Waals surface area contributed by atoms with E-state index in [0.717, 1.165) is 16.5 Å². The van der Waals surface area contributed by atoms with E-state index < -0.39 is 0 Å². The first-order chi connectivity index (χ1) is 9.86. The van der Waals surface area contributed by atoms with Gasteiger partial charge in [0.2, 0.25) is 5.16 Å². The van der Waals surface area contributed by atoms with Gasteiger partial charge in [-0.05, 0) is 41.0 Å². The van der Waals surface area contributed by atoms with Crippen LogP contribution in [0.25, 0.3) is 0 Å². The lowest BCUT2D eigenvalue weighted by atomic mass is 10.3. The number of nitrogens with zero attached hydrogens (tertiary/aromatic N) is 5. The van der Waals surface area contributed by atoms with Crippen LogP contribution in [0.5, 0.6) is 0 Å². The molecule has 1 saturated carbocycles. The van der Waals surface area contributed by atoms with Crippen molar-refractivity contribution in [3.8, 4) is 0 Å². The molecule has 0 spiro atoms. The van der Waals surface area contributed by atoms with Crippen LogP contribution in [0.3, 0.4) is 0 Å². The topological polar surface area (TPSA) is 94.5 Å². The van der Waals surface area contributed by atoms with Gasteiger partial charge in [-0.25, -0.2) is 15.5 Å². The molecule has 0 saturated heterocycles. The number of hydrogen-bond acceptors (Lipinski definition) is 7. The van der Waals surface area contributed by atoms with E-state index in [1.54, 1.807) is 18.0 Å². The van der Waals surface area contributed by atoms with Crippen molar-refractivity contribution in [2.45, 2.75) is 42.6 Å². The number of rotatable bonds is 5. The zero-order chi connectivity index (χ0) is 13.8. The lowest BCUT2D eigenvalue weighted by molar-refractivity contribution is 0.423. The molecule has 0 bridgehead atoms. The Balaban J connectivity index is 1.67. The van der Waals surface area contributed by atoms with E-state index >= 15 is 0 Å². The molecule has 20 heavy (non-hydrogen) atoms. The highest BCUT2D eigenvalue weighted by molar-refractivity contribution is 7.98. The number of aromatic nitrogens is 5. The lowest BCUT2D eigenvalue weighted by Gasteiger charge is -2.10. The fourth-order valence-corrected chi connectivity index (χ4v) is 3.34. The largest absolute Gasteiger partial charge is 0.308 e. The normalized spacial score (nSPS) is 15.7. The van der Waals surface area contributed by atoms with Gasteiger partial charge in [-0.2, -0.15) is 0 Å². The van der Waals surface area contributed by atoms with Crippen molar-refractivity contribution in [1.29, 1.82) is 0 Å². The minimum atomic E-state index is 0.464. The molecule has 0 aromatic carbocycles. The molecule has 0 atom stereocenters. The molecule has 0 unspecified atom stereocenters. The maximum Gasteiger partial charge on any atom is 0.209 e. The minimum Gasteiger partial charge on any atom is -0.308 e. The molecular weight excluding hydrogens is 274 g/mol. The van der Waals surface area contributed by atoms with Gasteiger partial charge in [-0.3, -0.25) is 0 Å². The Bertz CT molecular complexity index is 564. The maximum atomic E-state index is 5.36. The summed E-state index contributed by atoms with van der Waals surface area (Å²) >= 11 is 1.64. The number of nitrogen functional groups attached to an aromatic ring is 1. The molecule has 3 N–H and O–H groups in total. The van der Waals surface area contributed by atoms with Gasteiger partial charge in [0.1, 0.15) is 5.82 Å². The van der Waals surface area contributed by atoms with Crippen LogP contribution in [0.4, 0.5) is 5.82 Å². The van der Waals surface area contributed by atoms with Gasteiger partial charge in [-0.15, -0.1) is 5.10 Å². The van der Waals surface area contributed by atoms with Gasteiger partial charge < -0.3 is 5.43 Å². The van der Waals surface area contributed by atoms with Gasteiger partial charge in [0.25, 0.3) is 0 Å². The summed E-state index contributed by atoms with van der Waals surface area (Å²) in [5.74, 6) is 6.82. The van der Waals surface area contributed by atoms with Crippen molar-refractivity contribution in [3.05, 3.63) is 23.9 Å². The number of pyridine rings is 1. The first-order valence-electron chi connectivity index (χ1n) is 6.69. The molecule has 106 valence electrons. The van der Waals surface area contributed by atoms with Crippen LogP contribution in [-0.4, -0.2) is 25.2 Å². The van der Waals surface area contributed by atoms with Crippen LogP contribution < -0.4 is 11.3 Å². The Hall–Kier alpha value is -1.67. The van der Waals surface area contributed by atoms with Crippen LogP contribution in [0.15, 0.2) is 23.5 Å². The predicted octanol–water partition coefficient (Wildman–Crippen LogP) is 1.76. The standard InChI is InChI=1S/C12H17N7S/c13-15-11-7-9(5-6-14-11)8-20-12-16-17-18-19(12)10-3-1-2-4-10/h5-7,10H,1-4,8,13H2,(H,14,15). The molecule has 0 amide bonds. The van der Waals surface area contributed by atoms with Crippen LogP contribution in [-0.2, 0) is 5.75 Å². The Kier molecular flexibility index (Phi) is 4.12. The summed E-state index contributed by atoms with van der Waals surface area (Å²) in [5, 5.41) is 13.0. The fourth-order valence-electron chi connectivity index (χ4n) is 2.45. The summed E-state index contributed by atoms with van der Waals surface area (Å²) in [7, 11) is 0. The average molecular weight is 291 g/mol. The number of hydrogen-bond donors (Lipinski definition) is 2. The number of hydrazine groups is 1. The highest BCUT2D eigenvalue weighted by Gasteiger charge is 2.21. The second kappa shape index (κ2) is 6.19. The van der Waals surface area contributed by atoms with E-state index in [9.17, 15) is 0 Å². The number of nitrogens with two attached hydrogens (primary N) is 1. The van der Waals surface area contributed by atoms with Crippen molar-refractivity contribution in [2.24, 2.45) is 5.84 Å². The van der Waals surface area contributed by atoms with E-state index in [1.807, 2.05) is 16.8 Å². The van der Waals surface area contributed by atoms with Crippen LogP contribution >= 0.6 is 11.8 Å². The monoisotopic (exact) mass is 291 g/mol. The highest BCUT2D eigenvalue weighted by atomic mass is 32.2. The molecule has 1 fully saturated rings. The van der Waals surface area contributed by atoms with Crippen molar-refractivity contribution >= 4 is 17.6 Å². The molecule has 1 aliphatic rings. The zero-order valence-electron chi connectivity index (χ0n) is 11.1. The minimum absolute atomic E-state index is 0.464. The van der Waals surface area contributed by atoms with E-state index in [1.165, 1.54) is 25.7 Å². The SMILES string of the molecule is NNc1cc(CSc2nnnn2C2CCCC2)ccn1. The molecule has 1 aliphatic carbocycles. The first-order valence-corrected chi connectivity index (χ1v) is 7.67. The first kappa shape index (κ1) is 13.3. The summed E-state index contributed by atoms with van der Waals surface area (Å²) in [5.41, 5.74) is 3.69. The molecule has 2 heterocycles. The summed E-state index contributed by atoms with van der Waals surface area (Å²) in [6.45, 7) is 0. The van der Waals surface area contributed by atoms with Crippen molar-refractivity contribution < 1.29 is 0 Å². The Morgan fingerprint density at radius 3 is 3.05 bits per heavy atom. The third-order valence-corrected chi connectivity index (χ3v) is 4.48. The van der Waals surface area contributed by atoms with E-state index in [2.05, 4.69) is 25.9 Å². The van der Waals surface area contributed by atoms with E-state index in [0.29, 0.717) is 11.9 Å². The molecule has 2 aromatic rings. The molecule has 0 aliphatic heterocycles. The van der Waals surface area contributed by atoms with E-state index in [-0.39, 0.29) is 0 Å². The maximum absolute atomic E-state index is 5.36. The van der Waals surface area contributed by atoms with E-state index in [4.69, 9.17) is 5.84 Å². The number of anilines is 1. The molecular formula is C12H17N7S. The van der Waals surface area contributed by atoms with Crippen LogP contribution in [0.2, 0.25) is 0 Å². The highest BCUT2D eigenvalue weighted by Crippen LogP contribution is 2.32. The molecule has 7 nitrogen and oxygen atoms in total. The van der Waals surface area contributed by atoms with Crippen LogP contribution in [0.1, 0.15) is 37.3 Å². The molecule has 8 heteroatoms. The third-order valence-electron chi connectivity index (χ3n) is 3.47. The number of thioether (sulfide) groups is 1. The summed E-state index contributed by atoms with van der Waals surface area (Å²) in [4.78, 5) is 4.09. The Morgan fingerprint density at radius 1 is 1.40 bits per heavy atom. The summed E-state index contributed by atoms with van der Waals surface area (Å²) in [6, 6.07) is 4.36. The van der Waals surface area contributed by atoms with Gasteiger partial charge in [-0.1, -0.05) is 24.6 Å². The van der Waals surface area contributed by atoms with Crippen molar-refractivity contribution in [1.82, 2.24) is 25.2 Å². The summed E-state index contributed by atoms with van der Waals surface area (Å²) in [6.07, 6.45) is 6.63. The van der Waals surface area contributed by atoms with Gasteiger partial charge in [0.15, 0.2) is 0 Å². The predicted molar refractivity (Wildman–Crippen MR) is 76.9 cm³/mol. The Labute approximate surface area is 121 Å². The number of nitrogens with one attached hydrogen (secondary N) is 1. The molecule has 2 aromatic heterocycles. The van der Waals surface area contributed by atoms with Crippen molar-refractivity contribution in [3.63, 3.8) is 0 Å². The molecule has 0 radical (unpaired) electrons. The van der Waals surface area contributed by atoms with Gasteiger partial charge in [0.05, 0.1) is 6.04 Å². The smallest absolute Gasteiger partial charge is 0.209 e. The molecule has 3 rings (SSSR count). The Morgan fingerprint density at radius 2 is 2.25 bits per heavy atom. The second-order valence-electron chi connectivity index (χ2n) is 4.83. The quantitative estimate of drug-likeness (QED) is 0.492. The van der Waals surface area contributed by atoms with Crippen molar-refractivity contribution in [2.75, 3.05) is 5.43 Å². The van der Waals surface area contributed by atoms with Gasteiger partial charge >= 0.3 is 0 Å². The zero-order valence-corrected chi connectivity index (χ0v) is 11.9. The third kappa shape index (κ3) is 2.91. The number of tetrazole rings is 1. The van der Waals surface area contributed by atoms with Gasteiger partial charge in [0, 0.05) is 11.9 Å². The fraction of sp³-hybridized carbons (Fsp3) is 0.500. The van der Waals surface area contributed by atoms with Crippen LogP contribution in [0, 0.1) is 0 Å².